The molecule has 0 atom stereocenters. The van der Waals surface area contributed by atoms with Gasteiger partial charge in [0.25, 0.3) is 0 Å². The fraction of sp³-hybridized carbons (Fsp3) is 0.556. The first-order valence-electron chi connectivity index (χ1n) is 16.7. The van der Waals surface area contributed by atoms with Crippen molar-refractivity contribution >= 4 is 44.9 Å². The van der Waals surface area contributed by atoms with Gasteiger partial charge in [0, 0.05) is 59.9 Å². The van der Waals surface area contributed by atoms with Gasteiger partial charge in [-0.1, -0.05) is 58.6 Å². The molecule has 45 heavy (non-hydrogen) atoms. The van der Waals surface area contributed by atoms with Crippen LogP contribution < -0.4 is 14.5 Å². The van der Waals surface area contributed by atoms with E-state index < -0.39 is 6.16 Å². The summed E-state index contributed by atoms with van der Waals surface area (Å²) in [6.07, 6.45) is 6.97. The van der Waals surface area contributed by atoms with E-state index in [2.05, 4.69) is 60.2 Å². The summed E-state index contributed by atoms with van der Waals surface area (Å²) in [7, 11) is 0. The van der Waals surface area contributed by atoms with Gasteiger partial charge in [-0.05, 0) is 61.0 Å². The number of nitrogens with zero attached hydrogens (tertiary/aromatic N) is 3. The topological polar surface area (TPSA) is 71.5 Å². The van der Waals surface area contributed by atoms with Crippen molar-refractivity contribution in [3.63, 3.8) is 0 Å². The molecule has 2 aromatic carbocycles. The van der Waals surface area contributed by atoms with E-state index in [1.807, 2.05) is 18.2 Å². The molecule has 0 unspecified atom stereocenters. The molecule has 0 spiro atoms. The van der Waals surface area contributed by atoms with Crippen LogP contribution in [0.1, 0.15) is 77.7 Å². The van der Waals surface area contributed by atoms with Crippen LogP contribution in [0.25, 0.3) is 10.1 Å². The zero-order chi connectivity index (χ0) is 31.6. The Kier molecular flexibility index (Phi) is 11.6. The maximum absolute atomic E-state index is 13.1. The molecule has 3 aromatic rings. The smallest absolute Gasteiger partial charge is 0.494 e. The second-order valence-corrected chi connectivity index (χ2v) is 13.8. The summed E-state index contributed by atoms with van der Waals surface area (Å²) in [5.41, 5.74) is 2.81. The Morgan fingerprint density at radius 1 is 0.889 bits per heavy atom. The van der Waals surface area contributed by atoms with Crippen LogP contribution in [0.15, 0.2) is 47.8 Å². The number of hydrogen-bond acceptors (Lipinski definition) is 8. The van der Waals surface area contributed by atoms with E-state index in [1.54, 1.807) is 11.3 Å². The van der Waals surface area contributed by atoms with Crippen molar-refractivity contribution in [2.24, 2.45) is 0 Å². The Labute approximate surface area is 272 Å². The average molecular weight is 636 g/mol. The molecule has 1 aromatic heterocycles. The van der Waals surface area contributed by atoms with Gasteiger partial charge in [-0.15, -0.1) is 11.3 Å². The molecule has 2 aliphatic rings. The van der Waals surface area contributed by atoms with Crippen LogP contribution in [-0.4, -0.2) is 69.6 Å². The molecule has 5 rings (SSSR count). The summed E-state index contributed by atoms with van der Waals surface area (Å²) in [4.78, 5) is 31.9. The first-order valence-corrected chi connectivity index (χ1v) is 17.5. The number of rotatable bonds is 15. The fourth-order valence-electron chi connectivity index (χ4n) is 6.36. The van der Waals surface area contributed by atoms with E-state index in [4.69, 9.17) is 14.2 Å². The van der Waals surface area contributed by atoms with Crippen LogP contribution in [0.4, 0.5) is 16.2 Å². The van der Waals surface area contributed by atoms with Gasteiger partial charge in [0.05, 0.1) is 18.9 Å². The number of ether oxygens (including phenoxy) is 3. The number of thiophene rings is 1. The first kappa shape index (κ1) is 33.1. The second-order valence-electron chi connectivity index (χ2n) is 12.8. The van der Waals surface area contributed by atoms with E-state index in [-0.39, 0.29) is 18.1 Å². The molecule has 9 heteroatoms. The number of carbonyl (C=O) groups is 2. The van der Waals surface area contributed by atoms with Crippen LogP contribution in [0.3, 0.4) is 0 Å². The van der Waals surface area contributed by atoms with E-state index >= 15 is 0 Å². The largest absolute Gasteiger partial charge is 0.510 e. The molecule has 0 aliphatic carbocycles. The Bertz CT molecular complexity index is 1410. The Hall–Kier alpha value is -3.30. The number of hydrogen-bond donors (Lipinski definition) is 0. The molecule has 0 saturated carbocycles. The number of piperazine rings is 1. The molecule has 1 saturated heterocycles. The van der Waals surface area contributed by atoms with Gasteiger partial charge >= 0.3 is 6.16 Å². The Morgan fingerprint density at radius 2 is 1.69 bits per heavy atom. The van der Waals surface area contributed by atoms with Gasteiger partial charge in [-0.2, -0.15) is 0 Å². The lowest BCUT2D eigenvalue weighted by molar-refractivity contribution is -0.121. The van der Waals surface area contributed by atoms with Crippen LogP contribution in [-0.2, 0) is 19.7 Å². The number of unbranched alkanes of at least 4 members (excludes halogenated alkanes) is 5. The lowest BCUT2D eigenvalue weighted by Gasteiger charge is -2.38. The highest BCUT2D eigenvalue weighted by molar-refractivity contribution is 7.17. The Morgan fingerprint density at radius 3 is 2.51 bits per heavy atom. The van der Waals surface area contributed by atoms with Crippen molar-refractivity contribution in [2.45, 2.75) is 77.6 Å². The number of benzene rings is 2. The third-order valence-corrected chi connectivity index (χ3v) is 9.87. The minimum absolute atomic E-state index is 0.0795. The van der Waals surface area contributed by atoms with Gasteiger partial charge in [0.15, 0.2) is 6.73 Å². The van der Waals surface area contributed by atoms with Crippen molar-refractivity contribution in [1.82, 2.24) is 4.90 Å². The number of carbonyl (C=O) groups excluding carboxylic acids is 2. The molecule has 0 bridgehead atoms. The van der Waals surface area contributed by atoms with Gasteiger partial charge < -0.3 is 19.1 Å². The zero-order valence-corrected chi connectivity index (χ0v) is 28.0. The van der Waals surface area contributed by atoms with Crippen LogP contribution in [0.2, 0.25) is 0 Å². The lowest BCUT2D eigenvalue weighted by atomic mass is 9.77. The van der Waals surface area contributed by atoms with Crippen LogP contribution >= 0.6 is 11.3 Å². The maximum atomic E-state index is 13.1. The summed E-state index contributed by atoms with van der Waals surface area (Å²) in [5.74, 6) is 0.638. The number of anilines is 2. The molecule has 3 heterocycles. The molecule has 0 N–H and O–H groups in total. The van der Waals surface area contributed by atoms with E-state index in [9.17, 15) is 9.59 Å². The normalized spacial score (nSPS) is 16.6. The lowest BCUT2D eigenvalue weighted by Crippen LogP contribution is -2.46. The van der Waals surface area contributed by atoms with Gasteiger partial charge in [0.1, 0.15) is 5.75 Å². The van der Waals surface area contributed by atoms with Crippen molar-refractivity contribution in [1.29, 1.82) is 0 Å². The first-order chi connectivity index (χ1) is 21.9. The number of amides is 1. The van der Waals surface area contributed by atoms with Gasteiger partial charge in [0.2, 0.25) is 5.91 Å². The van der Waals surface area contributed by atoms with Crippen molar-refractivity contribution in [3.8, 4) is 5.75 Å². The third-order valence-electron chi connectivity index (χ3n) is 8.99. The maximum Gasteiger partial charge on any atom is 0.510 e. The highest BCUT2D eigenvalue weighted by atomic mass is 32.1. The SMILES string of the molecule is CCCCCCCOC(=O)OCN1C(=O)CC(C)(C)c2ccc(OCCCCN3CCN(c4cccc5sccc45)CC3)cc21. The minimum Gasteiger partial charge on any atom is -0.494 e. The van der Waals surface area contributed by atoms with Crippen LogP contribution in [0.5, 0.6) is 5.75 Å². The predicted octanol–water partition coefficient (Wildman–Crippen LogP) is 7.98. The number of fused-ring (bicyclic) bond motifs is 2. The zero-order valence-electron chi connectivity index (χ0n) is 27.2. The van der Waals surface area contributed by atoms with Crippen LogP contribution in [0, 0.1) is 0 Å². The van der Waals surface area contributed by atoms with E-state index in [0.717, 1.165) is 81.8 Å². The summed E-state index contributed by atoms with van der Waals surface area (Å²) in [6.45, 7) is 12.4. The van der Waals surface area contributed by atoms with E-state index in [1.165, 1.54) is 33.5 Å². The fourth-order valence-corrected chi connectivity index (χ4v) is 7.16. The molecule has 244 valence electrons. The highest BCUT2D eigenvalue weighted by Gasteiger charge is 2.37. The summed E-state index contributed by atoms with van der Waals surface area (Å²) >= 11 is 1.81. The second kappa shape index (κ2) is 15.8. The molecular formula is C36H49N3O5S. The summed E-state index contributed by atoms with van der Waals surface area (Å²) < 4.78 is 18.1. The summed E-state index contributed by atoms with van der Waals surface area (Å²) in [6, 6.07) is 14.8. The predicted molar refractivity (Wildman–Crippen MR) is 183 cm³/mol. The monoisotopic (exact) mass is 635 g/mol. The quantitative estimate of drug-likeness (QED) is 0.124. The Balaban J connectivity index is 1.06. The highest BCUT2D eigenvalue weighted by Crippen LogP contribution is 2.42. The van der Waals surface area contributed by atoms with Gasteiger partial charge in [-0.25, -0.2) is 4.79 Å². The average Bonchev–Trinajstić information content (AvgIpc) is 3.52. The van der Waals surface area contributed by atoms with Gasteiger partial charge in [-0.3, -0.25) is 14.6 Å². The van der Waals surface area contributed by atoms with Crippen molar-refractivity contribution in [2.75, 3.05) is 62.5 Å². The molecular weight excluding hydrogens is 586 g/mol. The standard InChI is InChI=1S/C36H49N3O5S/c1-4-5-6-7-9-23-43-35(41)44-27-39-32-25-28(14-15-30(32)36(2,3)26-34(39)40)42-22-10-8-17-37-18-20-38(21-19-37)31-12-11-13-33-29(31)16-24-45-33/h11-16,24-25H,4-10,17-23,26-27H2,1-3H3. The summed E-state index contributed by atoms with van der Waals surface area (Å²) in [5, 5.41) is 3.54. The molecule has 1 amide bonds. The van der Waals surface area contributed by atoms with Crippen molar-refractivity contribution in [3.05, 3.63) is 53.4 Å². The molecule has 0 radical (unpaired) electrons. The van der Waals surface area contributed by atoms with E-state index in [0.29, 0.717) is 19.6 Å². The molecule has 1 fully saturated rings. The van der Waals surface area contributed by atoms with Crippen molar-refractivity contribution < 1.29 is 23.8 Å². The molecule has 8 nitrogen and oxygen atoms in total. The third kappa shape index (κ3) is 8.70. The molecule has 2 aliphatic heterocycles. The minimum atomic E-state index is -0.738.